The highest BCUT2D eigenvalue weighted by molar-refractivity contribution is 9.10. The number of hydrogen-bond donors (Lipinski definition) is 1. The quantitative estimate of drug-likeness (QED) is 0.818. The average Bonchev–Trinajstić information content (AvgIpc) is 2.75. The number of carbonyl (C=O) groups excluding carboxylic acids is 3. The van der Waals surface area contributed by atoms with Gasteiger partial charge in [-0.3, -0.25) is 19.3 Å². The Kier molecular flexibility index (Phi) is 4.19. The first kappa shape index (κ1) is 16.3. The van der Waals surface area contributed by atoms with Gasteiger partial charge in [-0.1, -0.05) is 22.0 Å². The van der Waals surface area contributed by atoms with Gasteiger partial charge in [-0.05, 0) is 42.8 Å². The van der Waals surface area contributed by atoms with Gasteiger partial charge in [0, 0.05) is 10.2 Å². The van der Waals surface area contributed by atoms with E-state index in [1.54, 1.807) is 19.1 Å². The Labute approximate surface area is 145 Å². The number of anilines is 1. The van der Waals surface area contributed by atoms with Crippen molar-refractivity contribution in [1.82, 2.24) is 4.90 Å². The molecule has 0 aliphatic carbocycles. The summed E-state index contributed by atoms with van der Waals surface area (Å²) >= 11 is 3.25. The molecule has 3 rings (SSSR count). The molecule has 122 valence electrons. The smallest absolute Gasteiger partial charge is 0.262 e. The highest BCUT2D eigenvalue weighted by Crippen LogP contribution is 2.26. The number of fused-ring (bicyclic) bond motifs is 1. The van der Waals surface area contributed by atoms with Crippen LogP contribution >= 0.6 is 15.9 Å². The molecular formula is C17H12BrFN2O3. The van der Waals surface area contributed by atoms with Crippen LogP contribution in [0.1, 0.15) is 26.3 Å². The molecule has 2 aromatic carbocycles. The SMILES string of the molecule is Cc1ccc(F)cc1NC(=O)CN1C(=O)c2ccc(Br)cc2C1=O. The number of benzene rings is 2. The third-order valence-electron chi connectivity index (χ3n) is 3.71. The second-order valence-electron chi connectivity index (χ2n) is 5.39. The van der Waals surface area contributed by atoms with Gasteiger partial charge in [0.2, 0.25) is 5.91 Å². The van der Waals surface area contributed by atoms with Crippen molar-refractivity contribution in [2.45, 2.75) is 6.92 Å². The van der Waals surface area contributed by atoms with E-state index < -0.39 is 30.1 Å². The van der Waals surface area contributed by atoms with Crippen LogP contribution in [0.4, 0.5) is 10.1 Å². The maximum absolute atomic E-state index is 13.3. The molecule has 0 bridgehead atoms. The summed E-state index contributed by atoms with van der Waals surface area (Å²) in [4.78, 5) is 37.6. The standard InChI is InChI=1S/C17H12BrFN2O3/c1-9-2-4-11(19)7-14(9)20-15(22)8-21-16(23)12-5-3-10(18)6-13(12)17(21)24/h2-7H,8H2,1H3,(H,20,22). The number of halogens is 2. The largest absolute Gasteiger partial charge is 0.324 e. The highest BCUT2D eigenvalue weighted by atomic mass is 79.9. The number of nitrogens with one attached hydrogen (secondary N) is 1. The van der Waals surface area contributed by atoms with Crippen LogP contribution in [-0.4, -0.2) is 29.2 Å². The summed E-state index contributed by atoms with van der Waals surface area (Å²) < 4.78 is 13.9. The van der Waals surface area contributed by atoms with Crippen molar-refractivity contribution in [3.05, 3.63) is 63.4 Å². The van der Waals surface area contributed by atoms with Crippen molar-refractivity contribution >= 4 is 39.3 Å². The van der Waals surface area contributed by atoms with Gasteiger partial charge in [0.25, 0.3) is 11.8 Å². The van der Waals surface area contributed by atoms with Crippen molar-refractivity contribution < 1.29 is 18.8 Å². The van der Waals surface area contributed by atoms with E-state index in [1.165, 1.54) is 24.3 Å². The molecule has 0 saturated heterocycles. The molecule has 0 saturated carbocycles. The number of nitrogens with zero attached hydrogens (tertiary/aromatic N) is 1. The second kappa shape index (κ2) is 6.16. The summed E-state index contributed by atoms with van der Waals surface area (Å²) in [6.45, 7) is 1.29. The fourth-order valence-corrected chi connectivity index (χ4v) is 2.83. The zero-order valence-corrected chi connectivity index (χ0v) is 14.2. The van der Waals surface area contributed by atoms with E-state index in [2.05, 4.69) is 21.2 Å². The lowest BCUT2D eigenvalue weighted by Gasteiger charge is -2.14. The zero-order valence-electron chi connectivity index (χ0n) is 12.6. The summed E-state index contributed by atoms with van der Waals surface area (Å²) in [5.74, 6) is -2.10. The number of imide groups is 1. The van der Waals surface area contributed by atoms with Gasteiger partial charge in [-0.15, -0.1) is 0 Å². The lowest BCUT2D eigenvalue weighted by molar-refractivity contribution is -0.116. The average molecular weight is 391 g/mol. The molecule has 5 nitrogen and oxygen atoms in total. The molecule has 0 radical (unpaired) electrons. The van der Waals surface area contributed by atoms with Crippen LogP contribution in [0.25, 0.3) is 0 Å². The molecule has 0 atom stereocenters. The Morgan fingerprint density at radius 2 is 1.83 bits per heavy atom. The van der Waals surface area contributed by atoms with Crippen LogP contribution in [0.15, 0.2) is 40.9 Å². The normalized spacial score (nSPS) is 13.2. The fourth-order valence-electron chi connectivity index (χ4n) is 2.47. The van der Waals surface area contributed by atoms with E-state index in [0.29, 0.717) is 15.7 Å². The molecular weight excluding hydrogens is 379 g/mol. The molecule has 3 amide bonds. The molecule has 0 aromatic heterocycles. The maximum atomic E-state index is 13.3. The van der Waals surface area contributed by atoms with E-state index >= 15 is 0 Å². The van der Waals surface area contributed by atoms with Crippen LogP contribution < -0.4 is 5.32 Å². The van der Waals surface area contributed by atoms with Gasteiger partial charge in [-0.2, -0.15) is 0 Å². The van der Waals surface area contributed by atoms with E-state index in [1.807, 2.05) is 0 Å². The van der Waals surface area contributed by atoms with Crippen molar-refractivity contribution in [2.24, 2.45) is 0 Å². The first-order chi connectivity index (χ1) is 11.4. The Hall–Kier alpha value is -2.54. The van der Waals surface area contributed by atoms with Crippen molar-refractivity contribution in [3.8, 4) is 0 Å². The topological polar surface area (TPSA) is 66.5 Å². The molecule has 7 heteroatoms. The Balaban J connectivity index is 1.77. The molecule has 0 unspecified atom stereocenters. The number of rotatable bonds is 3. The third-order valence-corrected chi connectivity index (χ3v) is 4.20. The Morgan fingerprint density at radius 1 is 1.12 bits per heavy atom. The van der Waals surface area contributed by atoms with E-state index in [9.17, 15) is 18.8 Å². The molecule has 24 heavy (non-hydrogen) atoms. The minimum absolute atomic E-state index is 0.254. The van der Waals surface area contributed by atoms with Gasteiger partial charge >= 0.3 is 0 Å². The summed E-state index contributed by atoms with van der Waals surface area (Å²) in [6, 6.07) is 8.74. The van der Waals surface area contributed by atoms with Crippen molar-refractivity contribution in [2.75, 3.05) is 11.9 Å². The first-order valence-corrected chi connectivity index (χ1v) is 7.88. The summed E-state index contributed by atoms with van der Waals surface area (Å²) in [6.07, 6.45) is 0. The lowest BCUT2D eigenvalue weighted by atomic mass is 10.1. The lowest BCUT2D eigenvalue weighted by Crippen LogP contribution is -2.37. The van der Waals surface area contributed by atoms with E-state index in [-0.39, 0.29) is 11.1 Å². The van der Waals surface area contributed by atoms with Crippen molar-refractivity contribution in [1.29, 1.82) is 0 Å². The minimum atomic E-state index is -0.572. The monoisotopic (exact) mass is 390 g/mol. The fraction of sp³-hybridized carbons (Fsp3) is 0.118. The number of amides is 3. The van der Waals surface area contributed by atoms with Gasteiger partial charge in [0.15, 0.2) is 0 Å². The molecule has 1 aliphatic heterocycles. The molecule has 0 fully saturated rings. The van der Waals surface area contributed by atoms with Gasteiger partial charge in [0.05, 0.1) is 11.1 Å². The minimum Gasteiger partial charge on any atom is -0.324 e. The van der Waals surface area contributed by atoms with Crippen LogP contribution in [0.5, 0.6) is 0 Å². The van der Waals surface area contributed by atoms with Crippen LogP contribution in [0.3, 0.4) is 0 Å². The molecule has 1 N–H and O–H groups in total. The van der Waals surface area contributed by atoms with Gasteiger partial charge < -0.3 is 5.32 Å². The van der Waals surface area contributed by atoms with E-state index in [0.717, 1.165) is 4.90 Å². The number of hydrogen-bond acceptors (Lipinski definition) is 3. The van der Waals surface area contributed by atoms with Crippen LogP contribution in [0.2, 0.25) is 0 Å². The third kappa shape index (κ3) is 2.94. The van der Waals surface area contributed by atoms with Crippen LogP contribution in [0, 0.1) is 12.7 Å². The summed E-state index contributed by atoms with van der Waals surface area (Å²) in [5.41, 5.74) is 1.50. The predicted molar refractivity (Wildman–Crippen MR) is 89.3 cm³/mol. The molecule has 0 spiro atoms. The number of aryl methyl sites for hydroxylation is 1. The van der Waals surface area contributed by atoms with Crippen molar-refractivity contribution in [3.63, 3.8) is 0 Å². The van der Waals surface area contributed by atoms with Crippen LogP contribution in [-0.2, 0) is 4.79 Å². The zero-order chi connectivity index (χ0) is 17.4. The molecule has 2 aromatic rings. The summed E-state index contributed by atoms with van der Waals surface area (Å²) in [7, 11) is 0. The molecule has 1 heterocycles. The Bertz CT molecular complexity index is 882. The van der Waals surface area contributed by atoms with Gasteiger partial charge in [0.1, 0.15) is 12.4 Å². The predicted octanol–water partition coefficient (Wildman–Crippen LogP) is 3.13. The molecule has 1 aliphatic rings. The maximum Gasteiger partial charge on any atom is 0.262 e. The summed E-state index contributed by atoms with van der Waals surface area (Å²) in [5, 5.41) is 2.52. The number of carbonyl (C=O) groups is 3. The highest BCUT2D eigenvalue weighted by Gasteiger charge is 2.36. The van der Waals surface area contributed by atoms with Gasteiger partial charge in [-0.25, -0.2) is 4.39 Å². The van der Waals surface area contributed by atoms with E-state index in [4.69, 9.17) is 0 Å². The Morgan fingerprint density at radius 3 is 2.58 bits per heavy atom. The second-order valence-corrected chi connectivity index (χ2v) is 6.31. The first-order valence-electron chi connectivity index (χ1n) is 7.08.